The molecule has 0 saturated heterocycles. The SMILES string of the molecule is COCCn1c(-c2ccncc2)nn(C[NH+](C)Cc2ccc(C(C)C)cc2)c1=S. The van der Waals surface area contributed by atoms with E-state index in [0.29, 0.717) is 30.5 Å². The largest absolute Gasteiger partial charge is 0.383 e. The second-order valence-corrected chi connectivity index (χ2v) is 8.04. The number of quaternary nitrogens is 1. The van der Waals surface area contributed by atoms with Crippen LogP contribution in [0.2, 0.25) is 0 Å². The molecule has 29 heavy (non-hydrogen) atoms. The van der Waals surface area contributed by atoms with E-state index in [1.165, 1.54) is 16.0 Å². The first-order valence-electron chi connectivity index (χ1n) is 9.96. The van der Waals surface area contributed by atoms with Gasteiger partial charge in [0.05, 0.1) is 20.2 Å². The quantitative estimate of drug-likeness (QED) is 0.549. The molecule has 0 bridgehead atoms. The molecule has 2 aromatic heterocycles. The van der Waals surface area contributed by atoms with Gasteiger partial charge < -0.3 is 9.64 Å². The number of nitrogens with one attached hydrogen (secondary N) is 1. The third kappa shape index (κ3) is 5.38. The summed E-state index contributed by atoms with van der Waals surface area (Å²) in [4.78, 5) is 5.42. The summed E-state index contributed by atoms with van der Waals surface area (Å²) in [7, 11) is 3.86. The first-order chi connectivity index (χ1) is 14.0. The van der Waals surface area contributed by atoms with Crippen LogP contribution in [-0.2, 0) is 24.5 Å². The van der Waals surface area contributed by atoms with Crippen LogP contribution in [0.1, 0.15) is 30.9 Å². The number of pyridine rings is 1. The molecule has 0 radical (unpaired) electrons. The van der Waals surface area contributed by atoms with Crippen molar-refractivity contribution in [2.45, 2.75) is 39.5 Å². The Kier molecular flexibility index (Phi) is 7.30. The van der Waals surface area contributed by atoms with Crippen LogP contribution in [-0.4, -0.2) is 40.1 Å². The van der Waals surface area contributed by atoms with Gasteiger partial charge >= 0.3 is 0 Å². The zero-order valence-electron chi connectivity index (χ0n) is 17.6. The summed E-state index contributed by atoms with van der Waals surface area (Å²) in [5.41, 5.74) is 3.68. The monoisotopic (exact) mass is 412 g/mol. The molecule has 7 heteroatoms. The molecule has 6 nitrogen and oxygen atoms in total. The zero-order valence-corrected chi connectivity index (χ0v) is 18.4. The predicted octanol–water partition coefficient (Wildman–Crippen LogP) is 2.92. The van der Waals surface area contributed by atoms with Crippen LogP contribution in [0, 0.1) is 4.77 Å². The van der Waals surface area contributed by atoms with Crippen molar-refractivity contribution in [2.24, 2.45) is 0 Å². The second kappa shape index (κ2) is 9.91. The Morgan fingerprint density at radius 3 is 2.41 bits per heavy atom. The normalized spacial score (nSPS) is 12.4. The van der Waals surface area contributed by atoms with Crippen molar-refractivity contribution in [1.29, 1.82) is 0 Å². The average molecular weight is 413 g/mol. The van der Waals surface area contributed by atoms with Gasteiger partial charge in [-0.15, -0.1) is 5.10 Å². The van der Waals surface area contributed by atoms with E-state index in [0.717, 1.165) is 17.9 Å². The molecule has 1 atom stereocenters. The molecular formula is C22H30N5OS+. The van der Waals surface area contributed by atoms with Crippen LogP contribution in [0.4, 0.5) is 0 Å². The smallest absolute Gasteiger partial charge is 0.203 e. The number of aromatic nitrogens is 4. The minimum Gasteiger partial charge on any atom is -0.383 e. The lowest BCUT2D eigenvalue weighted by molar-refractivity contribution is -0.917. The van der Waals surface area contributed by atoms with Gasteiger partial charge in [-0.25, -0.2) is 0 Å². The predicted molar refractivity (Wildman–Crippen MR) is 117 cm³/mol. The maximum Gasteiger partial charge on any atom is 0.203 e. The Balaban J connectivity index is 1.79. The fourth-order valence-electron chi connectivity index (χ4n) is 3.32. The maximum absolute atomic E-state index is 5.73. The highest BCUT2D eigenvalue weighted by atomic mass is 32.1. The third-order valence-corrected chi connectivity index (χ3v) is 5.38. The summed E-state index contributed by atoms with van der Waals surface area (Å²) in [5.74, 6) is 1.40. The van der Waals surface area contributed by atoms with Crippen LogP contribution in [0.3, 0.4) is 0 Å². The summed E-state index contributed by atoms with van der Waals surface area (Å²) in [6, 6.07) is 12.8. The van der Waals surface area contributed by atoms with Crippen molar-refractivity contribution in [3.8, 4) is 11.4 Å². The van der Waals surface area contributed by atoms with Gasteiger partial charge in [0.2, 0.25) is 4.77 Å². The minimum absolute atomic E-state index is 0.551. The fraction of sp³-hybridized carbons (Fsp3) is 0.409. The van der Waals surface area contributed by atoms with Gasteiger partial charge in [-0.1, -0.05) is 38.1 Å². The first-order valence-corrected chi connectivity index (χ1v) is 10.4. The summed E-state index contributed by atoms with van der Waals surface area (Å²) in [6.07, 6.45) is 3.55. The van der Waals surface area contributed by atoms with Gasteiger partial charge in [0, 0.05) is 30.6 Å². The first kappa shape index (κ1) is 21.4. The van der Waals surface area contributed by atoms with Crippen molar-refractivity contribution in [3.05, 3.63) is 64.7 Å². The fourth-order valence-corrected chi connectivity index (χ4v) is 3.61. The van der Waals surface area contributed by atoms with E-state index < -0.39 is 0 Å². The lowest BCUT2D eigenvalue weighted by Crippen LogP contribution is -3.07. The van der Waals surface area contributed by atoms with E-state index in [-0.39, 0.29) is 0 Å². The Morgan fingerprint density at radius 2 is 1.79 bits per heavy atom. The molecule has 0 amide bonds. The lowest BCUT2D eigenvalue weighted by atomic mass is 10.0. The molecule has 0 aliphatic heterocycles. The van der Waals surface area contributed by atoms with E-state index in [1.54, 1.807) is 19.5 Å². The number of hydrogen-bond donors (Lipinski definition) is 1. The van der Waals surface area contributed by atoms with Gasteiger partial charge in [-0.3, -0.25) is 9.55 Å². The van der Waals surface area contributed by atoms with Crippen molar-refractivity contribution < 1.29 is 9.64 Å². The Labute approximate surface area is 177 Å². The summed E-state index contributed by atoms with van der Waals surface area (Å²) in [5, 5.41) is 4.82. The van der Waals surface area contributed by atoms with E-state index in [2.05, 4.69) is 50.1 Å². The molecule has 0 spiro atoms. The molecule has 0 aliphatic carbocycles. The maximum atomic E-state index is 5.73. The van der Waals surface area contributed by atoms with Crippen LogP contribution < -0.4 is 4.90 Å². The Hall–Kier alpha value is -2.35. The van der Waals surface area contributed by atoms with Crippen molar-refractivity contribution in [1.82, 2.24) is 19.3 Å². The van der Waals surface area contributed by atoms with Gasteiger partial charge in [-0.05, 0) is 35.8 Å². The molecule has 3 aromatic rings. The van der Waals surface area contributed by atoms with E-state index in [4.69, 9.17) is 22.1 Å². The summed E-state index contributed by atoms with van der Waals surface area (Å²) >= 11 is 5.73. The Bertz CT molecular complexity index is 963. The molecule has 154 valence electrons. The number of hydrogen-bond acceptors (Lipinski definition) is 4. The van der Waals surface area contributed by atoms with Crippen molar-refractivity contribution in [3.63, 3.8) is 0 Å². The number of methoxy groups -OCH3 is 1. The molecule has 1 N–H and O–H groups in total. The molecule has 1 unspecified atom stereocenters. The standard InChI is InChI=1S/C22H29N5OS/c1-17(2)19-7-5-18(6-8-19)15-25(3)16-27-22(29)26(13-14-28-4)21(24-27)20-9-11-23-12-10-20/h5-12,17H,13-16H2,1-4H3/p+1. The third-order valence-electron chi connectivity index (χ3n) is 4.95. The van der Waals surface area contributed by atoms with Gasteiger partial charge in [-0.2, -0.15) is 4.68 Å². The Morgan fingerprint density at radius 1 is 1.10 bits per heavy atom. The van der Waals surface area contributed by atoms with Crippen molar-refractivity contribution in [2.75, 3.05) is 20.8 Å². The number of nitrogens with zero attached hydrogens (tertiary/aromatic N) is 4. The van der Waals surface area contributed by atoms with Crippen LogP contribution in [0.25, 0.3) is 11.4 Å². The van der Waals surface area contributed by atoms with Crippen LogP contribution >= 0.6 is 12.2 Å². The summed E-state index contributed by atoms with van der Waals surface area (Å²) in [6.45, 7) is 7.30. The number of rotatable bonds is 9. The molecule has 2 heterocycles. The number of ether oxygens (including phenoxy) is 1. The van der Waals surface area contributed by atoms with E-state index >= 15 is 0 Å². The van der Waals surface area contributed by atoms with E-state index in [1.807, 2.05) is 21.4 Å². The molecule has 0 saturated carbocycles. The molecule has 0 aliphatic rings. The highest BCUT2D eigenvalue weighted by Gasteiger charge is 2.15. The van der Waals surface area contributed by atoms with Gasteiger partial charge in [0.15, 0.2) is 12.5 Å². The zero-order chi connectivity index (χ0) is 20.8. The van der Waals surface area contributed by atoms with Crippen LogP contribution in [0.15, 0.2) is 48.8 Å². The van der Waals surface area contributed by atoms with Crippen molar-refractivity contribution >= 4 is 12.2 Å². The molecular weight excluding hydrogens is 382 g/mol. The highest BCUT2D eigenvalue weighted by Crippen LogP contribution is 2.17. The topological polar surface area (TPSA) is 49.3 Å². The molecule has 3 rings (SSSR count). The summed E-state index contributed by atoms with van der Waals surface area (Å²) < 4.78 is 9.93. The minimum atomic E-state index is 0.551. The lowest BCUT2D eigenvalue weighted by Gasteiger charge is -2.14. The number of benzene rings is 1. The van der Waals surface area contributed by atoms with Gasteiger partial charge in [0.1, 0.15) is 6.54 Å². The second-order valence-electron chi connectivity index (χ2n) is 7.67. The molecule has 1 aromatic carbocycles. The van der Waals surface area contributed by atoms with E-state index in [9.17, 15) is 0 Å². The average Bonchev–Trinajstić information content (AvgIpc) is 3.02. The van der Waals surface area contributed by atoms with Crippen LogP contribution in [0.5, 0.6) is 0 Å². The molecule has 0 fully saturated rings. The highest BCUT2D eigenvalue weighted by molar-refractivity contribution is 7.71. The van der Waals surface area contributed by atoms with Gasteiger partial charge in [0.25, 0.3) is 0 Å².